The van der Waals surface area contributed by atoms with Crippen molar-refractivity contribution in [3.63, 3.8) is 0 Å². The summed E-state index contributed by atoms with van der Waals surface area (Å²) in [6.07, 6.45) is 8.35. The summed E-state index contributed by atoms with van der Waals surface area (Å²) in [6.45, 7) is 10.8. The Bertz CT molecular complexity index is 701. The Morgan fingerprint density at radius 3 is 2.23 bits per heavy atom. The van der Waals surface area contributed by atoms with Crippen LogP contribution in [0.3, 0.4) is 0 Å². The van der Waals surface area contributed by atoms with Crippen LogP contribution in [0.4, 0.5) is 0 Å². The van der Waals surface area contributed by atoms with Crippen molar-refractivity contribution in [1.82, 2.24) is 4.98 Å². The fraction of sp³-hybridized carbons (Fsp3) is 0.522. The highest BCUT2D eigenvalue weighted by Gasteiger charge is 2.21. The van der Waals surface area contributed by atoms with Crippen LogP contribution in [0.1, 0.15) is 83.3 Å². The van der Waals surface area contributed by atoms with E-state index >= 15 is 0 Å². The summed E-state index contributed by atoms with van der Waals surface area (Å²) in [4.78, 5) is 4.19. The molecular weight excluding hydrogens is 322 g/mol. The van der Waals surface area contributed by atoms with Crippen molar-refractivity contribution in [1.29, 1.82) is 0 Å². The topological polar surface area (TPSA) is 53.4 Å². The molecule has 0 fully saturated rings. The van der Waals surface area contributed by atoms with Gasteiger partial charge in [0.2, 0.25) is 0 Å². The number of aromatic nitrogens is 1. The van der Waals surface area contributed by atoms with Gasteiger partial charge < -0.3 is 10.2 Å². The molecule has 2 unspecified atom stereocenters. The zero-order valence-electron chi connectivity index (χ0n) is 16.8. The molecule has 2 aromatic rings. The molecule has 3 heteroatoms. The summed E-state index contributed by atoms with van der Waals surface area (Å²) in [5, 5.41) is 21.4. The van der Waals surface area contributed by atoms with Crippen molar-refractivity contribution in [3.8, 4) is 22.6 Å². The van der Waals surface area contributed by atoms with Crippen molar-refractivity contribution in [2.75, 3.05) is 0 Å². The molecule has 2 atom stereocenters. The van der Waals surface area contributed by atoms with Gasteiger partial charge in [0.05, 0.1) is 5.56 Å². The van der Waals surface area contributed by atoms with E-state index in [0.29, 0.717) is 11.5 Å². The number of pyridine rings is 1. The zero-order valence-corrected chi connectivity index (χ0v) is 16.8. The predicted octanol–water partition coefficient (Wildman–Crippen LogP) is 6.60. The Labute approximate surface area is 158 Å². The van der Waals surface area contributed by atoms with E-state index in [1.807, 2.05) is 18.2 Å². The standard InChI is InChI=1S/C23H33NO2/c1-6-7-8-9-16(4)17(5)18-12-21(25)23(22(26)13-18)20-14-24-11-10-19(20)15(2)3/h10-17,25-26H,6-9H2,1-5H3. The lowest BCUT2D eigenvalue weighted by atomic mass is 9.84. The second-order valence-corrected chi connectivity index (χ2v) is 7.81. The minimum atomic E-state index is 0.127. The molecule has 2 N–H and O–H groups in total. The minimum absolute atomic E-state index is 0.127. The Morgan fingerprint density at radius 2 is 1.65 bits per heavy atom. The smallest absolute Gasteiger partial charge is 0.127 e. The van der Waals surface area contributed by atoms with E-state index in [0.717, 1.165) is 16.7 Å². The third-order valence-corrected chi connectivity index (χ3v) is 5.51. The average Bonchev–Trinajstić information content (AvgIpc) is 2.60. The summed E-state index contributed by atoms with van der Waals surface area (Å²) < 4.78 is 0. The fourth-order valence-electron chi connectivity index (χ4n) is 3.58. The van der Waals surface area contributed by atoms with E-state index in [-0.39, 0.29) is 23.3 Å². The van der Waals surface area contributed by atoms with Crippen molar-refractivity contribution >= 4 is 0 Å². The summed E-state index contributed by atoms with van der Waals surface area (Å²) in [5.74, 6) is 1.33. The van der Waals surface area contributed by atoms with Crippen LogP contribution in [0.25, 0.3) is 11.1 Å². The molecular formula is C23H33NO2. The molecule has 1 aromatic carbocycles. The second kappa shape index (κ2) is 9.07. The number of benzene rings is 1. The molecule has 0 bridgehead atoms. The third-order valence-electron chi connectivity index (χ3n) is 5.51. The quantitative estimate of drug-likeness (QED) is 0.524. The van der Waals surface area contributed by atoms with Crippen LogP contribution in [0.5, 0.6) is 11.5 Å². The first-order valence-electron chi connectivity index (χ1n) is 9.86. The monoisotopic (exact) mass is 355 g/mol. The van der Waals surface area contributed by atoms with Crippen LogP contribution >= 0.6 is 0 Å². The molecule has 0 saturated heterocycles. The van der Waals surface area contributed by atoms with Gasteiger partial charge in [0.15, 0.2) is 0 Å². The molecule has 26 heavy (non-hydrogen) atoms. The molecule has 0 aliphatic heterocycles. The molecule has 0 radical (unpaired) electrons. The summed E-state index contributed by atoms with van der Waals surface area (Å²) in [7, 11) is 0. The SMILES string of the molecule is CCCCCC(C)C(C)c1cc(O)c(-c2cnccc2C(C)C)c(O)c1. The first-order valence-corrected chi connectivity index (χ1v) is 9.86. The number of hydrogen-bond donors (Lipinski definition) is 2. The van der Waals surface area contributed by atoms with Crippen LogP contribution in [-0.2, 0) is 0 Å². The van der Waals surface area contributed by atoms with E-state index in [9.17, 15) is 10.2 Å². The number of phenolic OH excluding ortho intramolecular Hbond substituents is 2. The van der Waals surface area contributed by atoms with Crippen molar-refractivity contribution in [3.05, 3.63) is 41.7 Å². The third kappa shape index (κ3) is 4.57. The molecule has 142 valence electrons. The van der Waals surface area contributed by atoms with Gasteiger partial charge >= 0.3 is 0 Å². The van der Waals surface area contributed by atoms with Crippen molar-refractivity contribution in [2.24, 2.45) is 5.92 Å². The second-order valence-electron chi connectivity index (χ2n) is 7.81. The average molecular weight is 356 g/mol. The lowest BCUT2D eigenvalue weighted by Gasteiger charge is -2.22. The highest BCUT2D eigenvalue weighted by Crippen LogP contribution is 2.43. The molecule has 0 aliphatic carbocycles. The molecule has 1 aromatic heterocycles. The van der Waals surface area contributed by atoms with Gasteiger partial charge in [0, 0.05) is 18.0 Å². The Morgan fingerprint density at radius 1 is 1.00 bits per heavy atom. The Hall–Kier alpha value is -2.03. The van der Waals surface area contributed by atoms with Gasteiger partial charge in [-0.3, -0.25) is 4.98 Å². The number of rotatable bonds is 8. The lowest BCUT2D eigenvalue weighted by molar-refractivity contribution is 0.421. The first kappa shape index (κ1) is 20.3. The molecule has 0 amide bonds. The summed E-state index contributed by atoms with van der Waals surface area (Å²) in [5.41, 5.74) is 3.34. The molecule has 1 heterocycles. The molecule has 0 aliphatic rings. The van der Waals surface area contributed by atoms with Gasteiger partial charge in [0.25, 0.3) is 0 Å². The molecule has 2 rings (SSSR count). The van der Waals surface area contributed by atoms with Gasteiger partial charge in [-0.2, -0.15) is 0 Å². The Kier molecular flexibility index (Phi) is 7.07. The highest BCUT2D eigenvalue weighted by molar-refractivity contribution is 5.79. The fourth-order valence-corrected chi connectivity index (χ4v) is 3.58. The maximum atomic E-state index is 10.7. The largest absolute Gasteiger partial charge is 0.507 e. The van der Waals surface area contributed by atoms with E-state index in [4.69, 9.17) is 0 Å². The lowest BCUT2D eigenvalue weighted by Crippen LogP contribution is -2.06. The number of hydrogen-bond acceptors (Lipinski definition) is 3. The van der Waals surface area contributed by atoms with E-state index in [1.54, 1.807) is 12.4 Å². The van der Waals surface area contributed by atoms with Crippen LogP contribution in [-0.4, -0.2) is 15.2 Å². The first-order chi connectivity index (χ1) is 12.4. The Balaban J connectivity index is 2.34. The van der Waals surface area contributed by atoms with Gasteiger partial charge in [-0.25, -0.2) is 0 Å². The van der Waals surface area contributed by atoms with E-state index < -0.39 is 0 Å². The summed E-state index contributed by atoms with van der Waals surface area (Å²) in [6, 6.07) is 5.57. The predicted molar refractivity (Wildman–Crippen MR) is 109 cm³/mol. The maximum Gasteiger partial charge on any atom is 0.127 e. The number of aromatic hydroxyl groups is 2. The molecule has 3 nitrogen and oxygen atoms in total. The van der Waals surface area contributed by atoms with E-state index in [1.165, 1.54) is 25.7 Å². The van der Waals surface area contributed by atoms with Gasteiger partial charge in [-0.1, -0.05) is 60.3 Å². The highest BCUT2D eigenvalue weighted by atomic mass is 16.3. The van der Waals surface area contributed by atoms with Crippen LogP contribution in [0.15, 0.2) is 30.6 Å². The normalized spacial score (nSPS) is 13.8. The van der Waals surface area contributed by atoms with Gasteiger partial charge in [0.1, 0.15) is 11.5 Å². The van der Waals surface area contributed by atoms with E-state index in [2.05, 4.69) is 39.6 Å². The summed E-state index contributed by atoms with van der Waals surface area (Å²) >= 11 is 0. The van der Waals surface area contributed by atoms with Gasteiger partial charge in [-0.15, -0.1) is 0 Å². The van der Waals surface area contributed by atoms with Crippen LogP contribution in [0, 0.1) is 5.92 Å². The number of phenols is 2. The maximum absolute atomic E-state index is 10.7. The van der Waals surface area contributed by atoms with Gasteiger partial charge in [-0.05, 0) is 47.1 Å². The zero-order chi connectivity index (χ0) is 19.3. The molecule has 0 spiro atoms. The van der Waals surface area contributed by atoms with Crippen LogP contribution < -0.4 is 0 Å². The number of unbranched alkanes of at least 4 members (excludes halogenated alkanes) is 2. The minimum Gasteiger partial charge on any atom is -0.507 e. The molecule has 0 saturated carbocycles. The van der Waals surface area contributed by atoms with Crippen molar-refractivity contribution < 1.29 is 10.2 Å². The van der Waals surface area contributed by atoms with Crippen molar-refractivity contribution in [2.45, 2.75) is 72.1 Å². The number of nitrogens with zero attached hydrogens (tertiary/aromatic N) is 1. The van der Waals surface area contributed by atoms with Crippen LogP contribution in [0.2, 0.25) is 0 Å².